The lowest BCUT2D eigenvalue weighted by Gasteiger charge is -2.23. The van der Waals surface area contributed by atoms with E-state index in [0.29, 0.717) is 11.4 Å². The molecule has 1 unspecified atom stereocenters. The molecule has 1 amide bonds. The van der Waals surface area contributed by atoms with Crippen molar-refractivity contribution in [3.63, 3.8) is 0 Å². The number of hydrogen-bond acceptors (Lipinski definition) is 4. The minimum atomic E-state index is -4.37. The van der Waals surface area contributed by atoms with Crippen LogP contribution in [-0.4, -0.2) is 38.5 Å². The highest BCUT2D eigenvalue weighted by Gasteiger charge is 2.32. The molecule has 1 atom stereocenters. The third-order valence-corrected chi connectivity index (χ3v) is 4.62. The summed E-state index contributed by atoms with van der Waals surface area (Å²) in [5.41, 5.74) is -3.37. The average molecular weight is 393 g/mol. The Hall–Kier alpha value is -1.74. The summed E-state index contributed by atoms with van der Waals surface area (Å²) >= 11 is 5.93. The van der Waals surface area contributed by atoms with Crippen LogP contribution in [0.5, 0.6) is 0 Å². The maximum absolute atomic E-state index is 12.5. The van der Waals surface area contributed by atoms with Crippen molar-refractivity contribution in [2.24, 2.45) is 5.92 Å². The van der Waals surface area contributed by atoms with E-state index >= 15 is 0 Å². The Kier molecular flexibility index (Phi) is 6.34. The smallest absolute Gasteiger partial charge is 0.308 e. The van der Waals surface area contributed by atoms with Crippen LogP contribution in [0.3, 0.4) is 0 Å². The van der Waals surface area contributed by atoms with E-state index in [1.807, 2.05) is 0 Å². The molecule has 0 bridgehead atoms. The summed E-state index contributed by atoms with van der Waals surface area (Å²) in [5, 5.41) is 4.23. The highest BCUT2D eigenvalue weighted by Crippen LogP contribution is 2.33. The van der Waals surface area contributed by atoms with Crippen molar-refractivity contribution in [1.29, 1.82) is 0 Å². The van der Waals surface area contributed by atoms with Gasteiger partial charge in [-0.15, -0.1) is 0 Å². The Morgan fingerprint density at radius 3 is 2.76 bits per heavy atom. The van der Waals surface area contributed by atoms with Crippen LogP contribution in [0.2, 0.25) is 5.15 Å². The van der Waals surface area contributed by atoms with E-state index in [4.69, 9.17) is 11.6 Å². The fraction of sp³-hybridized carbons (Fsp3) is 0.400. The van der Waals surface area contributed by atoms with Crippen molar-refractivity contribution in [1.82, 2.24) is 14.8 Å². The monoisotopic (exact) mass is 392 g/mol. The van der Waals surface area contributed by atoms with Crippen molar-refractivity contribution in [3.8, 4) is 5.69 Å². The molecule has 0 saturated heterocycles. The topological polar surface area (TPSA) is 51.0 Å². The van der Waals surface area contributed by atoms with Crippen molar-refractivity contribution in [2.75, 3.05) is 17.2 Å². The standard InChI is InChI=1S/C15H16ClF3N4OS/c1-3-22(14(24)10(2)9-25-15(17,18)19)12-8-23(21-13(12)16)11-5-4-6-20-7-11/h4-8,10H,3,9H2,1-2H3. The van der Waals surface area contributed by atoms with Crippen LogP contribution in [0, 0.1) is 5.92 Å². The molecule has 25 heavy (non-hydrogen) atoms. The predicted octanol–water partition coefficient (Wildman–Crippen LogP) is 4.16. The lowest BCUT2D eigenvalue weighted by molar-refractivity contribution is -0.121. The molecular weight excluding hydrogens is 377 g/mol. The number of rotatable bonds is 6. The van der Waals surface area contributed by atoms with Crippen LogP contribution in [0.1, 0.15) is 13.8 Å². The second-order valence-electron chi connectivity index (χ2n) is 5.20. The summed E-state index contributed by atoms with van der Waals surface area (Å²) in [4.78, 5) is 17.8. The number of carbonyl (C=O) groups is 1. The number of anilines is 1. The summed E-state index contributed by atoms with van der Waals surface area (Å²) in [6.07, 6.45) is 4.75. The average Bonchev–Trinajstić information content (AvgIpc) is 2.95. The predicted molar refractivity (Wildman–Crippen MR) is 92.1 cm³/mol. The molecule has 0 saturated carbocycles. The molecule has 0 aliphatic carbocycles. The molecule has 0 aromatic carbocycles. The number of hydrogen-bond donors (Lipinski definition) is 0. The van der Waals surface area contributed by atoms with Crippen molar-refractivity contribution in [3.05, 3.63) is 35.9 Å². The minimum Gasteiger partial charge on any atom is -0.308 e. The Balaban J connectivity index is 2.20. The highest BCUT2D eigenvalue weighted by molar-refractivity contribution is 8.00. The SMILES string of the molecule is CCN(C(=O)C(C)CSC(F)(F)F)c1cn(-c2cccnc2)nc1Cl. The molecule has 2 aromatic rings. The van der Waals surface area contributed by atoms with Crippen molar-refractivity contribution >= 4 is 35.0 Å². The van der Waals surface area contributed by atoms with Crippen LogP contribution < -0.4 is 4.90 Å². The van der Waals surface area contributed by atoms with Gasteiger partial charge in [-0.1, -0.05) is 30.3 Å². The van der Waals surface area contributed by atoms with E-state index in [0.717, 1.165) is 0 Å². The molecule has 0 fully saturated rings. The Morgan fingerprint density at radius 1 is 1.48 bits per heavy atom. The molecule has 0 aliphatic heterocycles. The van der Waals surface area contributed by atoms with Gasteiger partial charge in [-0.3, -0.25) is 9.78 Å². The van der Waals surface area contributed by atoms with Gasteiger partial charge < -0.3 is 4.90 Å². The van der Waals surface area contributed by atoms with Crippen LogP contribution in [0.15, 0.2) is 30.7 Å². The van der Waals surface area contributed by atoms with E-state index in [2.05, 4.69) is 10.1 Å². The first-order chi connectivity index (χ1) is 11.7. The summed E-state index contributed by atoms with van der Waals surface area (Å²) < 4.78 is 38.5. The van der Waals surface area contributed by atoms with E-state index in [1.54, 1.807) is 37.6 Å². The van der Waals surface area contributed by atoms with Crippen molar-refractivity contribution < 1.29 is 18.0 Å². The molecule has 0 spiro atoms. The molecule has 2 aromatic heterocycles. The normalized spacial score (nSPS) is 12.9. The number of aromatic nitrogens is 3. The quantitative estimate of drug-likeness (QED) is 0.740. The summed E-state index contributed by atoms with van der Waals surface area (Å²) in [6, 6.07) is 3.49. The molecule has 2 heterocycles. The van der Waals surface area contributed by atoms with Gasteiger partial charge in [0.25, 0.3) is 0 Å². The second-order valence-corrected chi connectivity index (χ2v) is 6.64. The van der Waals surface area contributed by atoms with Gasteiger partial charge in [0.1, 0.15) is 5.69 Å². The van der Waals surface area contributed by atoms with Gasteiger partial charge in [-0.25, -0.2) is 4.68 Å². The number of halogens is 4. The van der Waals surface area contributed by atoms with Crippen LogP contribution in [0.25, 0.3) is 5.69 Å². The lowest BCUT2D eigenvalue weighted by Crippen LogP contribution is -2.36. The second kappa shape index (κ2) is 8.09. The largest absolute Gasteiger partial charge is 0.441 e. The molecule has 0 radical (unpaired) electrons. The zero-order valence-corrected chi connectivity index (χ0v) is 15.1. The van der Waals surface area contributed by atoms with E-state index < -0.39 is 17.3 Å². The summed E-state index contributed by atoms with van der Waals surface area (Å²) in [6.45, 7) is 3.45. The van der Waals surface area contributed by atoms with E-state index in [-0.39, 0.29) is 29.2 Å². The molecular formula is C15H16ClF3N4OS. The van der Waals surface area contributed by atoms with Gasteiger partial charge in [0, 0.05) is 24.4 Å². The third-order valence-electron chi connectivity index (χ3n) is 3.35. The zero-order valence-electron chi connectivity index (χ0n) is 13.5. The number of thioether (sulfide) groups is 1. The number of nitrogens with zero attached hydrogens (tertiary/aromatic N) is 4. The van der Waals surface area contributed by atoms with Gasteiger partial charge in [-0.05, 0) is 19.1 Å². The van der Waals surface area contributed by atoms with Crippen LogP contribution >= 0.6 is 23.4 Å². The molecule has 5 nitrogen and oxygen atoms in total. The van der Waals surface area contributed by atoms with Gasteiger partial charge in [-0.2, -0.15) is 18.3 Å². The molecule has 136 valence electrons. The molecule has 2 rings (SSSR count). The number of carbonyl (C=O) groups excluding carboxylic acids is 1. The molecule has 0 N–H and O–H groups in total. The first-order valence-electron chi connectivity index (χ1n) is 7.40. The van der Waals surface area contributed by atoms with Gasteiger partial charge in [0.05, 0.1) is 18.1 Å². The zero-order chi connectivity index (χ0) is 18.6. The summed E-state index contributed by atoms with van der Waals surface area (Å²) in [7, 11) is 0. The van der Waals surface area contributed by atoms with E-state index in [1.165, 1.54) is 16.5 Å². The summed E-state index contributed by atoms with van der Waals surface area (Å²) in [5.74, 6) is -1.61. The highest BCUT2D eigenvalue weighted by atomic mass is 35.5. The van der Waals surface area contributed by atoms with Crippen molar-refractivity contribution in [2.45, 2.75) is 19.4 Å². The fourth-order valence-electron chi connectivity index (χ4n) is 2.15. The fourth-order valence-corrected chi connectivity index (χ4v) is 2.96. The maximum atomic E-state index is 12.5. The van der Waals surface area contributed by atoms with Gasteiger partial charge in [0.2, 0.25) is 5.91 Å². The third kappa shape index (κ3) is 5.12. The number of pyridine rings is 1. The Labute approximate surface area is 152 Å². The Morgan fingerprint density at radius 2 is 2.20 bits per heavy atom. The Bertz CT molecular complexity index is 723. The number of alkyl halides is 3. The van der Waals surface area contributed by atoms with Gasteiger partial charge >= 0.3 is 5.51 Å². The molecule has 10 heteroatoms. The molecule has 0 aliphatic rings. The number of amides is 1. The first-order valence-corrected chi connectivity index (χ1v) is 8.77. The lowest BCUT2D eigenvalue weighted by atomic mass is 10.2. The maximum Gasteiger partial charge on any atom is 0.441 e. The first kappa shape index (κ1) is 19.6. The van der Waals surface area contributed by atoms with Crippen LogP contribution in [-0.2, 0) is 4.79 Å². The van der Waals surface area contributed by atoms with Gasteiger partial charge in [0.15, 0.2) is 5.15 Å². The van der Waals surface area contributed by atoms with Crippen LogP contribution in [0.4, 0.5) is 18.9 Å². The minimum absolute atomic E-state index is 0.0923. The van der Waals surface area contributed by atoms with E-state index in [9.17, 15) is 18.0 Å².